The van der Waals surface area contributed by atoms with E-state index < -0.39 is 0 Å². The molecule has 0 fully saturated rings. The Morgan fingerprint density at radius 3 is 1.81 bits per heavy atom. The first-order valence-electron chi connectivity index (χ1n) is 8.94. The number of hydrogen-bond acceptors (Lipinski definition) is 2. The maximum atomic E-state index is 9.52. The summed E-state index contributed by atoms with van der Waals surface area (Å²) >= 11 is 0. The number of rotatable bonds is 3. The number of benzene rings is 3. The summed E-state index contributed by atoms with van der Waals surface area (Å²) in [4.78, 5) is 0. The van der Waals surface area contributed by atoms with Gasteiger partial charge >= 0.3 is 0 Å². The Kier molecular flexibility index (Phi) is 4.65. The first kappa shape index (κ1) is 16.3. The van der Waals surface area contributed by atoms with Gasteiger partial charge in [0.15, 0.2) is 0 Å². The van der Waals surface area contributed by atoms with Crippen molar-refractivity contribution in [3.05, 3.63) is 114 Å². The van der Waals surface area contributed by atoms with Crippen LogP contribution in [0.4, 0.5) is 0 Å². The summed E-state index contributed by atoms with van der Waals surface area (Å²) in [6.07, 6.45) is 2.77. The molecule has 0 heterocycles. The zero-order valence-corrected chi connectivity index (χ0v) is 14.5. The molecule has 2 nitrogen and oxygen atoms in total. The lowest BCUT2D eigenvalue weighted by Gasteiger charge is -2.34. The van der Waals surface area contributed by atoms with Crippen molar-refractivity contribution in [3.63, 3.8) is 0 Å². The molecule has 0 aliphatic heterocycles. The Bertz CT molecular complexity index is 914. The molecule has 2 heteroatoms. The second kappa shape index (κ2) is 7.40. The number of oxime groups is 1. The van der Waals surface area contributed by atoms with Gasteiger partial charge in [0.2, 0.25) is 0 Å². The van der Waals surface area contributed by atoms with E-state index in [1.165, 1.54) is 22.3 Å². The topological polar surface area (TPSA) is 32.6 Å². The van der Waals surface area contributed by atoms with Crippen LogP contribution < -0.4 is 0 Å². The van der Waals surface area contributed by atoms with Gasteiger partial charge in [0, 0.05) is 18.3 Å². The lowest BCUT2D eigenvalue weighted by molar-refractivity contribution is 0.317. The van der Waals surface area contributed by atoms with Crippen molar-refractivity contribution in [2.24, 2.45) is 5.16 Å². The van der Waals surface area contributed by atoms with Gasteiger partial charge in [-0.1, -0.05) is 96.2 Å². The minimum Gasteiger partial charge on any atom is -0.411 e. The second-order valence-electron chi connectivity index (χ2n) is 6.67. The van der Waals surface area contributed by atoms with E-state index in [4.69, 9.17) is 0 Å². The van der Waals surface area contributed by atoms with Crippen LogP contribution in [0.1, 0.15) is 34.9 Å². The fourth-order valence-corrected chi connectivity index (χ4v) is 3.93. The fraction of sp³-hybridized carbons (Fsp3) is 0.125. The van der Waals surface area contributed by atoms with Crippen LogP contribution in [-0.2, 0) is 0 Å². The van der Waals surface area contributed by atoms with Crippen LogP contribution in [0.2, 0.25) is 0 Å². The van der Waals surface area contributed by atoms with E-state index in [0.29, 0.717) is 0 Å². The highest BCUT2D eigenvalue weighted by atomic mass is 16.4. The molecule has 0 amide bonds. The van der Waals surface area contributed by atoms with Crippen molar-refractivity contribution < 1.29 is 5.21 Å². The minimum absolute atomic E-state index is 0.214. The number of allylic oxidation sites excluding steroid dienone is 2. The fourth-order valence-electron chi connectivity index (χ4n) is 3.93. The van der Waals surface area contributed by atoms with Gasteiger partial charge in [-0.2, -0.15) is 0 Å². The molecular formula is C24H21NO. The molecule has 0 saturated carbocycles. The highest BCUT2D eigenvalue weighted by Gasteiger charge is 2.33. The van der Waals surface area contributed by atoms with Crippen molar-refractivity contribution in [2.45, 2.75) is 18.3 Å². The highest BCUT2D eigenvalue weighted by molar-refractivity contribution is 6.04. The summed E-state index contributed by atoms with van der Waals surface area (Å²) in [7, 11) is 0. The van der Waals surface area contributed by atoms with E-state index in [0.717, 1.165) is 12.1 Å². The summed E-state index contributed by atoms with van der Waals surface area (Å²) in [5.41, 5.74) is 5.65. The third-order valence-corrected chi connectivity index (χ3v) is 5.11. The minimum atomic E-state index is 0.214. The normalized spacial score (nSPS) is 21.4. The van der Waals surface area contributed by atoms with E-state index >= 15 is 0 Å². The zero-order chi connectivity index (χ0) is 17.8. The Labute approximate surface area is 154 Å². The van der Waals surface area contributed by atoms with Crippen molar-refractivity contribution >= 4 is 11.3 Å². The molecule has 0 aromatic heterocycles. The van der Waals surface area contributed by atoms with Crippen LogP contribution in [0.3, 0.4) is 0 Å². The molecule has 0 unspecified atom stereocenters. The van der Waals surface area contributed by atoms with Gasteiger partial charge in [-0.05, 0) is 28.3 Å². The summed E-state index contributed by atoms with van der Waals surface area (Å²) in [5.74, 6) is 0.441. The number of hydrogen-bond donors (Lipinski definition) is 1. The smallest absolute Gasteiger partial charge is 0.0805 e. The third kappa shape index (κ3) is 3.18. The molecule has 1 aliphatic carbocycles. The first-order chi connectivity index (χ1) is 12.9. The summed E-state index contributed by atoms with van der Waals surface area (Å²) in [5, 5.41) is 13.1. The van der Waals surface area contributed by atoms with Crippen LogP contribution in [0.25, 0.3) is 5.57 Å². The molecule has 4 rings (SSSR count). The van der Waals surface area contributed by atoms with Crippen LogP contribution in [0, 0.1) is 0 Å². The molecule has 0 radical (unpaired) electrons. The third-order valence-electron chi connectivity index (χ3n) is 5.11. The zero-order valence-electron chi connectivity index (χ0n) is 14.5. The van der Waals surface area contributed by atoms with E-state index in [2.05, 4.69) is 84.0 Å². The molecule has 26 heavy (non-hydrogen) atoms. The molecule has 1 aliphatic rings. The molecule has 0 spiro atoms. The highest BCUT2D eigenvalue weighted by Crippen LogP contribution is 2.47. The Balaban J connectivity index is 1.90. The van der Waals surface area contributed by atoms with E-state index in [-0.39, 0.29) is 11.8 Å². The molecule has 2 atom stereocenters. The lowest BCUT2D eigenvalue weighted by atomic mass is 9.69. The quantitative estimate of drug-likeness (QED) is 0.469. The molecule has 3 aromatic carbocycles. The lowest BCUT2D eigenvalue weighted by Crippen LogP contribution is -2.22. The van der Waals surface area contributed by atoms with Crippen molar-refractivity contribution in [3.8, 4) is 0 Å². The Morgan fingerprint density at radius 2 is 1.23 bits per heavy atom. The molecule has 0 saturated heterocycles. The van der Waals surface area contributed by atoms with Gasteiger partial charge in [0.05, 0.1) is 5.71 Å². The van der Waals surface area contributed by atoms with Crippen molar-refractivity contribution in [1.29, 1.82) is 0 Å². The van der Waals surface area contributed by atoms with Crippen LogP contribution >= 0.6 is 0 Å². The molecule has 0 bridgehead atoms. The van der Waals surface area contributed by atoms with Crippen LogP contribution in [-0.4, -0.2) is 10.9 Å². The summed E-state index contributed by atoms with van der Waals surface area (Å²) < 4.78 is 0. The van der Waals surface area contributed by atoms with Gasteiger partial charge in [0.1, 0.15) is 0 Å². The van der Waals surface area contributed by atoms with Gasteiger partial charge in [-0.3, -0.25) is 0 Å². The molecule has 128 valence electrons. The van der Waals surface area contributed by atoms with Crippen molar-refractivity contribution in [2.75, 3.05) is 0 Å². The number of nitrogens with zero attached hydrogens (tertiary/aromatic N) is 1. The summed E-state index contributed by atoms with van der Waals surface area (Å²) in [6, 6.07) is 31.6. The predicted octanol–water partition coefficient (Wildman–Crippen LogP) is 5.87. The van der Waals surface area contributed by atoms with Crippen LogP contribution in [0.15, 0.2) is 102 Å². The predicted molar refractivity (Wildman–Crippen MR) is 107 cm³/mol. The van der Waals surface area contributed by atoms with Crippen molar-refractivity contribution in [1.82, 2.24) is 0 Å². The monoisotopic (exact) mass is 339 g/mol. The first-order valence-corrected chi connectivity index (χ1v) is 8.94. The SMILES string of the molecule is O/N=C1/C=C(c2ccccc2)[C@H](c2ccccc2)[C@H](c2ccccc2)C1. The van der Waals surface area contributed by atoms with E-state index in [1.54, 1.807) is 0 Å². The molecule has 1 N–H and O–H groups in total. The molecule has 3 aromatic rings. The Hall–Kier alpha value is -3.13. The maximum Gasteiger partial charge on any atom is 0.0805 e. The average Bonchev–Trinajstić information content (AvgIpc) is 2.74. The second-order valence-corrected chi connectivity index (χ2v) is 6.67. The van der Waals surface area contributed by atoms with Gasteiger partial charge in [0.25, 0.3) is 0 Å². The van der Waals surface area contributed by atoms with Gasteiger partial charge in [-0.25, -0.2) is 0 Å². The summed E-state index contributed by atoms with van der Waals surface area (Å²) in [6.45, 7) is 0. The van der Waals surface area contributed by atoms with Crippen LogP contribution in [0.5, 0.6) is 0 Å². The Morgan fingerprint density at radius 1 is 0.692 bits per heavy atom. The van der Waals surface area contributed by atoms with E-state index in [1.807, 2.05) is 18.2 Å². The van der Waals surface area contributed by atoms with Gasteiger partial charge < -0.3 is 5.21 Å². The van der Waals surface area contributed by atoms with Gasteiger partial charge in [-0.15, -0.1) is 0 Å². The largest absolute Gasteiger partial charge is 0.411 e. The standard InChI is InChI=1S/C24H21NO/c26-25-21-16-22(18-10-4-1-5-11-18)24(20-14-8-3-9-15-20)23(17-21)19-12-6-2-7-13-19/h1-16,23-24,26H,17H2/b25-21-/t23-,24-/m0/s1. The maximum absolute atomic E-state index is 9.52. The molecular weight excluding hydrogens is 318 g/mol. The van der Waals surface area contributed by atoms with E-state index in [9.17, 15) is 5.21 Å². The average molecular weight is 339 g/mol.